The lowest BCUT2D eigenvalue weighted by Crippen LogP contribution is -2.53. The largest absolute Gasteiger partial charge is 0.316 e. The molecule has 33 heavy (non-hydrogen) atoms. The first-order valence-corrected chi connectivity index (χ1v) is 16.3. The smallest absolute Gasteiger partial charge is 0.309 e. The second kappa shape index (κ2) is 22.3. The molecule has 0 fully saturated rings. The molecule has 5 heteroatoms. The summed E-state index contributed by atoms with van der Waals surface area (Å²) in [6, 6.07) is 0. The van der Waals surface area contributed by atoms with E-state index in [1.54, 1.807) is 0 Å². The average molecular weight is 491 g/mol. The second-order valence-corrected chi connectivity index (χ2v) is 12.0. The Kier molecular flexibility index (Phi) is 22.3. The molecule has 0 atom stereocenters. The van der Waals surface area contributed by atoms with Crippen molar-refractivity contribution in [1.82, 2.24) is 0 Å². The van der Waals surface area contributed by atoms with Crippen molar-refractivity contribution >= 4 is 10.1 Å². The summed E-state index contributed by atoms with van der Waals surface area (Å²) in [5.74, 6) is -0.0888. The standard InChI is InChI=1S/C28H59NO3S/c1-4-7-10-13-16-19-22-25-29(28-33(30,31)32,26-23-20-17-14-11-8-5-2)27-24-21-18-15-12-9-6-3/h4-28H2,1-3H3/p+1. The molecular weight excluding hydrogens is 430 g/mol. The Morgan fingerprint density at radius 1 is 0.455 bits per heavy atom. The molecule has 200 valence electrons. The minimum absolute atomic E-state index is 0.0888. The maximum atomic E-state index is 12.0. The number of hydrogen-bond donors (Lipinski definition) is 1. The summed E-state index contributed by atoms with van der Waals surface area (Å²) >= 11 is 0. The lowest BCUT2D eigenvalue weighted by molar-refractivity contribution is -0.918. The van der Waals surface area contributed by atoms with E-state index in [-0.39, 0.29) is 5.88 Å². The molecule has 0 radical (unpaired) electrons. The average Bonchev–Trinajstić information content (AvgIpc) is 2.76. The van der Waals surface area contributed by atoms with Crippen molar-refractivity contribution in [3.05, 3.63) is 0 Å². The van der Waals surface area contributed by atoms with E-state index < -0.39 is 10.1 Å². The summed E-state index contributed by atoms with van der Waals surface area (Å²) in [6.45, 7) is 9.44. The molecule has 0 heterocycles. The van der Waals surface area contributed by atoms with Crippen molar-refractivity contribution in [3.8, 4) is 0 Å². The van der Waals surface area contributed by atoms with Crippen molar-refractivity contribution in [1.29, 1.82) is 0 Å². The zero-order valence-corrected chi connectivity index (χ0v) is 23.6. The van der Waals surface area contributed by atoms with Gasteiger partial charge >= 0.3 is 10.1 Å². The molecule has 1 N–H and O–H groups in total. The maximum absolute atomic E-state index is 12.0. The van der Waals surface area contributed by atoms with Crippen molar-refractivity contribution in [2.75, 3.05) is 25.5 Å². The molecule has 0 aromatic rings. The van der Waals surface area contributed by atoms with Crippen LogP contribution in [0, 0.1) is 0 Å². The molecule has 0 bridgehead atoms. The number of unbranched alkanes of at least 4 members (excludes halogenated alkanes) is 18. The molecule has 0 aliphatic rings. The highest BCUT2D eigenvalue weighted by Crippen LogP contribution is 2.20. The summed E-state index contributed by atoms with van der Waals surface area (Å²) in [5.41, 5.74) is 0. The van der Waals surface area contributed by atoms with E-state index in [9.17, 15) is 13.0 Å². The number of nitrogens with zero attached hydrogens (tertiary/aromatic N) is 1. The molecule has 0 spiro atoms. The van der Waals surface area contributed by atoms with E-state index in [1.165, 1.54) is 116 Å². The van der Waals surface area contributed by atoms with E-state index in [4.69, 9.17) is 0 Å². The molecule has 0 aromatic heterocycles. The Morgan fingerprint density at radius 3 is 0.939 bits per heavy atom. The number of quaternary nitrogens is 1. The first kappa shape index (κ1) is 32.9. The molecule has 0 saturated heterocycles. The Morgan fingerprint density at radius 2 is 0.697 bits per heavy atom. The highest BCUT2D eigenvalue weighted by Gasteiger charge is 2.31. The van der Waals surface area contributed by atoms with Gasteiger partial charge < -0.3 is 4.48 Å². The first-order valence-electron chi connectivity index (χ1n) is 14.7. The minimum atomic E-state index is -3.97. The van der Waals surface area contributed by atoms with Gasteiger partial charge in [-0.2, -0.15) is 8.42 Å². The van der Waals surface area contributed by atoms with Crippen molar-refractivity contribution < 1.29 is 17.5 Å². The number of rotatable bonds is 26. The molecule has 0 aromatic carbocycles. The Labute approximate surface area is 208 Å². The van der Waals surface area contributed by atoms with Gasteiger partial charge in [-0.3, -0.25) is 4.55 Å². The Hall–Kier alpha value is -0.130. The number of hydrogen-bond acceptors (Lipinski definition) is 2. The molecular formula is C28H60NO3S+. The Balaban J connectivity index is 4.76. The topological polar surface area (TPSA) is 54.4 Å². The van der Waals surface area contributed by atoms with E-state index in [1.807, 2.05) is 0 Å². The second-order valence-electron chi connectivity index (χ2n) is 10.6. The van der Waals surface area contributed by atoms with Gasteiger partial charge in [-0.15, -0.1) is 0 Å². The SMILES string of the molecule is CCCCCCCCC[N+](CCCCCCCCC)(CCCCCCCCC)CS(=O)(=O)O. The van der Waals surface area contributed by atoms with Crippen LogP contribution in [0.1, 0.15) is 156 Å². The third-order valence-electron chi connectivity index (χ3n) is 7.15. The fraction of sp³-hybridized carbons (Fsp3) is 1.00. The Bertz CT molecular complexity index is 462. The quantitative estimate of drug-likeness (QED) is 0.0748. The van der Waals surface area contributed by atoms with Gasteiger partial charge in [-0.1, -0.05) is 117 Å². The lowest BCUT2D eigenvalue weighted by Gasteiger charge is -2.38. The van der Waals surface area contributed by atoms with E-state index in [0.717, 1.165) is 38.9 Å². The van der Waals surface area contributed by atoms with E-state index in [0.29, 0.717) is 4.48 Å². The van der Waals surface area contributed by atoms with Gasteiger partial charge in [-0.25, -0.2) is 0 Å². The summed E-state index contributed by atoms with van der Waals surface area (Å²) in [4.78, 5) is 0. The highest BCUT2D eigenvalue weighted by molar-refractivity contribution is 7.85. The molecule has 0 unspecified atom stereocenters. The molecule has 0 aliphatic heterocycles. The summed E-state index contributed by atoms with van der Waals surface area (Å²) in [6.07, 6.45) is 26.1. The van der Waals surface area contributed by atoms with Gasteiger partial charge in [0.1, 0.15) is 0 Å². The van der Waals surface area contributed by atoms with Crippen molar-refractivity contribution in [3.63, 3.8) is 0 Å². The van der Waals surface area contributed by atoms with Crippen LogP contribution in [-0.2, 0) is 10.1 Å². The molecule has 0 rings (SSSR count). The first-order chi connectivity index (χ1) is 15.9. The van der Waals surface area contributed by atoms with Gasteiger partial charge in [0, 0.05) is 0 Å². The van der Waals surface area contributed by atoms with Gasteiger partial charge in [0.2, 0.25) is 5.88 Å². The van der Waals surface area contributed by atoms with Crippen LogP contribution in [0.15, 0.2) is 0 Å². The van der Waals surface area contributed by atoms with Crippen LogP contribution in [0.4, 0.5) is 0 Å². The molecule has 0 saturated carbocycles. The molecule has 0 amide bonds. The van der Waals surface area contributed by atoms with Crippen LogP contribution in [0.2, 0.25) is 0 Å². The molecule has 4 nitrogen and oxygen atoms in total. The zero-order valence-electron chi connectivity index (χ0n) is 22.8. The van der Waals surface area contributed by atoms with Gasteiger partial charge in [0.15, 0.2) is 0 Å². The van der Waals surface area contributed by atoms with Crippen LogP contribution in [-0.4, -0.2) is 43.0 Å². The third-order valence-corrected chi connectivity index (χ3v) is 8.02. The predicted molar refractivity (Wildman–Crippen MR) is 145 cm³/mol. The van der Waals surface area contributed by atoms with Gasteiger partial charge in [-0.05, 0) is 38.5 Å². The maximum Gasteiger partial charge on any atom is 0.316 e. The van der Waals surface area contributed by atoms with E-state index >= 15 is 0 Å². The summed E-state index contributed by atoms with van der Waals surface area (Å²) in [7, 11) is -3.97. The fourth-order valence-corrected chi connectivity index (χ4v) is 6.17. The van der Waals surface area contributed by atoms with Crippen LogP contribution in [0.25, 0.3) is 0 Å². The lowest BCUT2D eigenvalue weighted by atomic mass is 10.1. The van der Waals surface area contributed by atoms with E-state index in [2.05, 4.69) is 20.8 Å². The zero-order chi connectivity index (χ0) is 24.7. The normalized spacial score (nSPS) is 12.5. The van der Waals surface area contributed by atoms with Crippen LogP contribution < -0.4 is 0 Å². The van der Waals surface area contributed by atoms with Crippen LogP contribution >= 0.6 is 0 Å². The summed E-state index contributed by atoms with van der Waals surface area (Å²) in [5, 5.41) is 0. The van der Waals surface area contributed by atoms with Crippen molar-refractivity contribution in [2.45, 2.75) is 156 Å². The van der Waals surface area contributed by atoms with Crippen LogP contribution in [0.3, 0.4) is 0 Å². The van der Waals surface area contributed by atoms with Crippen molar-refractivity contribution in [2.24, 2.45) is 0 Å². The highest BCUT2D eigenvalue weighted by atomic mass is 32.2. The minimum Gasteiger partial charge on any atom is -0.309 e. The molecule has 0 aliphatic carbocycles. The monoisotopic (exact) mass is 490 g/mol. The summed E-state index contributed by atoms with van der Waals surface area (Å²) < 4.78 is 34.4. The van der Waals surface area contributed by atoms with Crippen LogP contribution in [0.5, 0.6) is 0 Å². The fourth-order valence-electron chi connectivity index (χ4n) is 5.09. The third kappa shape index (κ3) is 22.1. The van der Waals surface area contributed by atoms with Gasteiger partial charge in [0.25, 0.3) is 0 Å². The predicted octanol–water partition coefficient (Wildman–Crippen LogP) is 8.90. The van der Waals surface area contributed by atoms with Gasteiger partial charge in [0.05, 0.1) is 19.6 Å².